The van der Waals surface area contributed by atoms with Crippen molar-refractivity contribution < 1.29 is 0 Å². The molecule has 2 nitrogen and oxygen atoms in total. The highest BCUT2D eigenvalue weighted by molar-refractivity contribution is 7.81. The Labute approximate surface area is 97.4 Å². The normalized spacial score (nSPS) is 14.4. The van der Waals surface area contributed by atoms with Gasteiger partial charge in [-0.3, -0.25) is 0 Å². The van der Waals surface area contributed by atoms with Crippen molar-refractivity contribution in [3.8, 4) is 0 Å². The topological polar surface area (TPSA) is 6.48 Å². The second kappa shape index (κ2) is 6.86. The molecule has 0 aromatic rings. The minimum atomic E-state index is -0.00628. The average molecular weight is 207 g/mol. The summed E-state index contributed by atoms with van der Waals surface area (Å²) in [6.07, 6.45) is 0. The number of nitrogens with zero attached hydrogens (tertiary/aromatic N) is 2. The third kappa shape index (κ3) is 6.04. The van der Waals surface area contributed by atoms with Gasteiger partial charge in [-0.25, -0.2) is 0 Å². The minimum absolute atomic E-state index is 0.00628. The zero-order valence-electron chi connectivity index (χ0n) is 9.51. The summed E-state index contributed by atoms with van der Waals surface area (Å²) < 4.78 is 3.13. The van der Waals surface area contributed by atoms with Crippen molar-refractivity contribution in [2.24, 2.45) is 11.8 Å². The predicted molar refractivity (Wildman–Crippen MR) is 68.3 cm³/mol. The van der Waals surface area contributed by atoms with Crippen molar-refractivity contribution in [2.75, 3.05) is 6.54 Å². The van der Waals surface area contributed by atoms with Crippen LogP contribution in [0.4, 0.5) is 0 Å². The fourth-order valence-electron chi connectivity index (χ4n) is 1.05. The van der Waals surface area contributed by atoms with Gasteiger partial charge < -0.3 is 9.44 Å². The fourth-order valence-corrected chi connectivity index (χ4v) is 1.11. The number of rotatable bonds is 6. The molecule has 0 aliphatic rings. The van der Waals surface area contributed by atoms with Crippen LogP contribution in [-0.2, 0) is 0 Å². The lowest BCUT2D eigenvalue weighted by molar-refractivity contribution is 0.451. The Morgan fingerprint density at radius 2 is 1.71 bits per heavy atom. The third-order valence-corrected chi connectivity index (χ3v) is 2.62. The highest BCUT2D eigenvalue weighted by Crippen LogP contribution is 2.11. The quantitative estimate of drug-likeness (QED) is 0.391. The van der Waals surface area contributed by atoms with Gasteiger partial charge in [-0.15, -0.1) is 0 Å². The van der Waals surface area contributed by atoms with Crippen molar-refractivity contribution >= 4 is 36.1 Å². The number of hydrogen-bond donors (Lipinski definition) is 1. The Morgan fingerprint density at radius 3 is 2.07 bits per heavy atom. The van der Waals surface area contributed by atoms with Gasteiger partial charge in [0.05, 0.1) is 0 Å². The first-order valence-electron chi connectivity index (χ1n) is 4.92. The van der Waals surface area contributed by atoms with Crippen LogP contribution in [0.2, 0.25) is 0 Å². The molecule has 0 rings (SSSR count). The molecule has 5 radical (unpaired) electrons. The smallest absolute Gasteiger partial charge is 0.287 e. The zero-order chi connectivity index (χ0) is 11.3. The summed E-state index contributed by atoms with van der Waals surface area (Å²) in [7, 11) is 13.2. The van der Waals surface area contributed by atoms with Crippen LogP contribution in [0.3, 0.4) is 0 Å². The maximum atomic E-state index is 5.77. The summed E-state index contributed by atoms with van der Waals surface area (Å²) in [4.78, 5) is 0. The molecule has 0 aromatic carbocycles. The summed E-state index contributed by atoms with van der Waals surface area (Å²) in [6, 6.07) is 0. The molecule has 0 aliphatic carbocycles. The van der Waals surface area contributed by atoms with Gasteiger partial charge in [-0.1, -0.05) is 27.7 Å². The van der Waals surface area contributed by atoms with Crippen LogP contribution in [0.25, 0.3) is 0 Å². The van der Waals surface area contributed by atoms with Crippen LogP contribution in [0.5, 0.6) is 0 Å². The van der Waals surface area contributed by atoms with E-state index in [0.717, 1.165) is 6.54 Å². The lowest BCUT2D eigenvalue weighted by atomic mass is 9.90. The second-order valence-electron chi connectivity index (χ2n) is 4.31. The van der Waals surface area contributed by atoms with E-state index in [2.05, 4.69) is 40.3 Å². The van der Waals surface area contributed by atoms with Crippen molar-refractivity contribution in [1.29, 1.82) is 0 Å². The summed E-state index contributed by atoms with van der Waals surface area (Å²) in [6.45, 7) is 9.12. The molecule has 0 amide bonds. The van der Waals surface area contributed by atoms with Crippen LogP contribution in [0.1, 0.15) is 27.7 Å². The average Bonchev–Trinajstić information content (AvgIpc) is 2.00. The fraction of sp³-hybridized carbons (Fsp3) is 1.00. The van der Waals surface area contributed by atoms with Crippen LogP contribution in [0.15, 0.2) is 0 Å². The highest BCUT2D eigenvalue weighted by Gasteiger charge is 2.16. The Hall–Kier alpha value is 0.465. The standard InChI is InChI=1S/C8H18B3N2S/c1-6(2)5-12(9)11-13(10)8(14)7(3)4/h6-8,14H,5H2,1-4H3. The van der Waals surface area contributed by atoms with Gasteiger partial charge in [-0.05, 0) is 18.4 Å². The van der Waals surface area contributed by atoms with Crippen LogP contribution in [-0.4, -0.2) is 44.9 Å². The number of thiol groups is 1. The molecule has 0 fully saturated rings. The summed E-state index contributed by atoms with van der Waals surface area (Å²) >= 11 is 4.37. The van der Waals surface area contributed by atoms with E-state index in [1.54, 1.807) is 12.3 Å². The van der Waals surface area contributed by atoms with Gasteiger partial charge in [0, 0.05) is 5.37 Å². The minimum Gasteiger partial charge on any atom is -0.384 e. The lowest BCUT2D eigenvalue weighted by Crippen LogP contribution is -2.45. The molecule has 0 aromatic heterocycles. The largest absolute Gasteiger partial charge is 0.384 e. The molecule has 0 bridgehead atoms. The van der Waals surface area contributed by atoms with E-state index >= 15 is 0 Å². The summed E-state index contributed by atoms with van der Waals surface area (Å²) in [5, 5.41) is -0.00628. The molecule has 6 heteroatoms. The molecule has 1 unspecified atom stereocenters. The number of hydrogen-bond acceptors (Lipinski definition) is 3. The SMILES string of the molecule is [B]N([B]N([B])C(S)C(C)C)CC(C)C. The maximum Gasteiger partial charge on any atom is 0.287 e. The molecule has 75 valence electrons. The Morgan fingerprint density at radius 1 is 1.21 bits per heavy atom. The van der Waals surface area contributed by atoms with E-state index in [1.165, 1.54) is 4.72 Å². The van der Waals surface area contributed by atoms with Crippen molar-refractivity contribution in [3.05, 3.63) is 0 Å². The Kier molecular flexibility index (Phi) is 7.09. The summed E-state index contributed by atoms with van der Waals surface area (Å²) in [5.74, 6) is 0.897. The first-order valence-corrected chi connectivity index (χ1v) is 5.43. The third-order valence-electron chi connectivity index (χ3n) is 1.76. The Bertz CT molecular complexity index is 158. The highest BCUT2D eigenvalue weighted by atomic mass is 32.1. The van der Waals surface area contributed by atoms with E-state index < -0.39 is 0 Å². The zero-order valence-corrected chi connectivity index (χ0v) is 10.4. The molecular formula is C8H18B3N2S. The van der Waals surface area contributed by atoms with E-state index in [4.69, 9.17) is 16.0 Å². The van der Waals surface area contributed by atoms with Gasteiger partial charge in [0.1, 0.15) is 0 Å². The van der Waals surface area contributed by atoms with Gasteiger partial charge in [0.25, 0.3) is 7.55 Å². The molecule has 14 heavy (non-hydrogen) atoms. The van der Waals surface area contributed by atoms with E-state index in [9.17, 15) is 0 Å². The molecule has 0 N–H and O–H groups in total. The lowest BCUT2D eigenvalue weighted by Gasteiger charge is -2.31. The Balaban J connectivity index is 3.86. The molecular weight excluding hydrogens is 189 g/mol. The summed E-state index contributed by atoms with van der Waals surface area (Å²) in [5.41, 5.74) is 0. The molecule has 0 aliphatic heterocycles. The van der Waals surface area contributed by atoms with Gasteiger partial charge in [0.15, 0.2) is 16.0 Å². The van der Waals surface area contributed by atoms with E-state index in [-0.39, 0.29) is 5.37 Å². The van der Waals surface area contributed by atoms with Gasteiger partial charge >= 0.3 is 0 Å². The van der Waals surface area contributed by atoms with Gasteiger partial charge in [0.2, 0.25) is 0 Å². The molecule has 1 atom stereocenters. The van der Waals surface area contributed by atoms with Crippen molar-refractivity contribution in [3.63, 3.8) is 0 Å². The second-order valence-corrected chi connectivity index (χ2v) is 4.84. The molecule has 0 saturated heterocycles. The monoisotopic (exact) mass is 207 g/mol. The van der Waals surface area contributed by atoms with Gasteiger partial charge in [-0.2, -0.15) is 12.6 Å². The van der Waals surface area contributed by atoms with Crippen molar-refractivity contribution in [2.45, 2.75) is 33.1 Å². The maximum absolute atomic E-state index is 5.77. The molecule has 0 heterocycles. The molecule has 0 spiro atoms. The van der Waals surface area contributed by atoms with Crippen molar-refractivity contribution in [1.82, 2.24) is 9.44 Å². The first-order chi connectivity index (χ1) is 6.34. The molecule has 0 saturated carbocycles. The van der Waals surface area contributed by atoms with Crippen LogP contribution < -0.4 is 0 Å². The predicted octanol–water partition coefficient (Wildman–Crippen LogP) is 0.859. The van der Waals surface area contributed by atoms with E-state index in [1.807, 2.05) is 0 Å². The first kappa shape index (κ1) is 14.5. The van der Waals surface area contributed by atoms with Crippen LogP contribution in [0, 0.1) is 11.8 Å². The van der Waals surface area contributed by atoms with Crippen LogP contribution >= 0.6 is 12.6 Å². The van der Waals surface area contributed by atoms with E-state index in [0.29, 0.717) is 11.8 Å².